The Kier molecular flexibility index (Phi) is 42.2. The van der Waals surface area contributed by atoms with Crippen molar-refractivity contribution in [1.82, 2.24) is 0 Å². The lowest BCUT2D eigenvalue weighted by Gasteiger charge is -2.20. The fourth-order valence-corrected chi connectivity index (χ4v) is 7.44. The molecule has 328 valence electrons. The van der Waals surface area contributed by atoms with Gasteiger partial charge in [-0.3, -0.25) is 13.8 Å². The maximum Gasteiger partial charge on any atom is 0.472 e. The summed E-state index contributed by atoms with van der Waals surface area (Å²) in [5.74, 6) is -0.379. The molecule has 0 aliphatic heterocycles. The molecule has 55 heavy (non-hydrogen) atoms. The van der Waals surface area contributed by atoms with E-state index in [4.69, 9.17) is 23.6 Å². The molecule has 10 heteroatoms. The highest BCUT2D eigenvalue weighted by molar-refractivity contribution is 7.47. The molecular weight excluding hydrogens is 715 g/mol. The molecule has 0 aliphatic rings. The van der Waals surface area contributed by atoms with E-state index >= 15 is 0 Å². The SMILES string of the molecule is CCCCCCCCC/C=C\CCCCCCCCOCC(COP(=O)(O)OCC(O)CO)OC(=O)CCCCCCCCCCCCCCCCCCC. The maximum atomic E-state index is 12.6. The number of hydrogen-bond donors (Lipinski definition) is 3. The highest BCUT2D eigenvalue weighted by atomic mass is 31.2. The summed E-state index contributed by atoms with van der Waals surface area (Å²) < 4.78 is 33.4. The number of aliphatic hydroxyl groups excluding tert-OH is 2. The number of allylic oxidation sites excluding steroid dienone is 2. The average Bonchev–Trinajstić information content (AvgIpc) is 3.18. The van der Waals surface area contributed by atoms with Crippen LogP contribution in [0.2, 0.25) is 0 Å². The zero-order chi connectivity index (χ0) is 40.3. The number of unbranched alkanes of at least 4 members (excludes halogenated alkanes) is 29. The van der Waals surface area contributed by atoms with Crippen LogP contribution >= 0.6 is 7.82 Å². The third-order valence-electron chi connectivity index (χ3n) is 10.2. The number of carbonyl (C=O) groups is 1. The normalized spacial score (nSPS) is 14.1. The summed E-state index contributed by atoms with van der Waals surface area (Å²) in [6, 6.07) is 0. The first-order valence-electron chi connectivity index (χ1n) is 23.2. The van der Waals surface area contributed by atoms with Gasteiger partial charge in [-0.2, -0.15) is 0 Å². The summed E-state index contributed by atoms with van der Waals surface area (Å²) in [5.41, 5.74) is 0. The van der Waals surface area contributed by atoms with Crippen molar-refractivity contribution >= 4 is 13.8 Å². The van der Waals surface area contributed by atoms with E-state index in [1.807, 2.05) is 0 Å². The monoisotopic (exact) mass is 805 g/mol. The van der Waals surface area contributed by atoms with Gasteiger partial charge in [0.1, 0.15) is 12.2 Å². The van der Waals surface area contributed by atoms with Crippen LogP contribution in [-0.4, -0.2) is 66.3 Å². The van der Waals surface area contributed by atoms with Gasteiger partial charge in [-0.05, 0) is 38.5 Å². The van der Waals surface area contributed by atoms with Crippen molar-refractivity contribution in [2.24, 2.45) is 0 Å². The largest absolute Gasteiger partial charge is 0.472 e. The van der Waals surface area contributed by atoms with Gasteiger partial charge >= 0.3 is 13.8 Å². The van der Waals surface area contributed by atoms with Gasteiger partial charge < -0.3 is 24.6 Å². The van der Waals surface area contributed by atoms with Crippen LogP contribution in [0.1, 0.15) is 226 Å². The Morgan fingerprint density at radius 3 is 1.36 bits per heavy atom. The maximum absolute atomic E-state index is 12.6. The molecule has 3 atom stereocenters. The second-order valence-corrected chi connectivity index (χ2v) is 17.2. The van der Waals surface area contributed by atoms with Crippen molar-refractivity contribution in [3.8, 4) is 0 Å². The zero-order valence-corrected chi connectivity index (χ0v) is 36.8. The van der Waals surface area contributed by atoms with Crippen LogP contribution in [0, 0.1) is 0 Å². The van der Waals surface area contributed by atoms with E-state index in [0.717, 1.165) is 44.9 Å². The molecule has 3 N–H and O–H groups in total. The van der Waals surface area contributed by atoms with Crippen molar-refractivity contribution in [2.45, 2.75) is 238 Å². The predicted octanol–water partition coefficient (Wildman–Crippen LogP) is 12.9. The van der Waals surface area contributed by atoms with E-state index in [-0.39, 0.29) is 25.6 Å². The van der Waals surface area contributed by atoms with Crippen molar-refractivity contribution in [1.29, 1.82) is 0 Å². The lowest BCUT2D eigenvalue weighted by molar-refractivity contribution is -0.154. The molecule has 0 radical (unpaired) electrons. The summed E-state index contributed by atoms with van der Waals surface area (Å²) in [4.78, 5) is 22.6. The van der Waals surface area contributed by atoms with E-state index < -0.39 is 33.2 Å². The molecular formula is C45H89O9P. The van der Waals surface area contributed by atoms with Gasteiger partial charge in [0, 0.05) is 13.0 Å². The molecule has 0 heterocycles. The Balaban J connectivity index is 4.11. The van der Waals surface area contributed by atoms with E-state index in [1.165, 1.54) is 161 Å². The number of aliphatic hydroxyl groups is 2. The fourth-order valence-electron chi connectivity index (χ4n) is 6.65. The Morgan fingerprint density at radius 1 is 0.545 bits per heavy atom. The second kappa shape index (κ2) is 42.8. The van der Waals surface area contributed by atoms with Crippen molar-refractivity contribution in [3.05, 3.63) is 12.2 Å². The van der Waals surface area contributed by atoms with Gasteiger partial charge in [0.15, 0.2) is 0 Å². The molecule has 0 amide bonds. The van der Waals surface area contributed by atoms with Gasteiger partial charge in [-0.1, -0.05) is 193 Å². The molecule has 0 aromatic carbocycles. The Bertz CT molecular complexity index is 871. The molecule has 0 spiro atoms. The lowest BCUT2D eigenvalue weighted by atomic mass is 10.0. The number of hydrogen-bond acceptors (Lipinski definition) is 8. The molecule has 9 nitrogen and oxygen atoms in total. The van der Waals surface area contributed by atoms with Crippen LogP contribution in [0.15, 0.2) is 12.2 Å². The number of phosphoric acid groups is 1. The van der Waals surface area contributed by atoms with Gasteiger partial charge in [0.25, 0.3) is 0 Å². The summed E-state index contributed by atoms with van der Waals surface area (Å²) in [6.07, 6.45) is 43.1. The molecule has 0 saturated carbocycles. The number of carbonyl (C=O) groups excluding carboxylic acids is 1. The minimum atomic E-state index is -4.51. The van der Waals surface area contributed by atoms with Crippen LogP contribution in [-0.2, 0) is 27.9 Å². The second-order valence-electron chi connectivity index (χ2n) is 15.8. The summed E-state index contributed by atoms with van der Waals surface area (Å²) in [7, 11) is -4.51. The number of rotatable bonds is 45. The van der Waals surface area contributed by atoms with Crippen molar-refractivity contribution < 1.29 is 43.0 Å². The van der Waals surface area contributed by atoms with Crippen molar-refractivity contribution in [2.75, 3.05) is 33.0 Å². The first-order chi connectivity index (χ1) is 26.8. The van der Waals surface area contributed by atoms with Gasteiger partial charge in [0.05, 0.1) is 26.4 Å². The number of phosphoric ester groups is 1. The molecule has 0 rings (SSSR count). The van der Waals surface area contributed by atoms with E-state index in [9.17, 15) is 19.4 Å². The van der Waals surface area contributed by atoms with Crippen LogP contribution in [0.4, 0.5) is 0 Å². The molecule has 0 aromatic rings. The lowest BCUT2D eigenvalue weighted by Crippen LogP contribution is -2.29. The Labute approximate surface area is 339 Å². The third kappa shape index (κ3) is 42.6. The quantitative estimate of drug-likeness (QED) is 0.0238. The van der Waals surface area contributed by atoms with Crippen LogP contribution in [0.3, 0.4) is 0 Å². The Hall–Kier alpha value is -0.800. The first-order valence-corrected chi connectivity index (χ1v) is 24.7. The van der Waals surface area contributed by atoms with Crippen molar-refractivity contribution in [3.63, 3.8) is 0 Å². The van der Waals surface area contributed by atoms with Crippen LogP contribution in [0.25, 0.3) is 0 Å². The summed E-state index contributed by atoms with van der Waals surface area (Å²) in [5, 5.41) is 18.4. The van der Waals surface area contributed by atoms with Gasteiger partial charge in [-0.15, -0.1) is 0 Å². The third-order valence-corrected chi connectivity index (χ3v) is 11.2. The molecule has 0 saturated heterocycles. The highest BCUT2D eigenvalue weighted by Crippen LogP contribution is 2.43. The number of esters is 1. The number of ether oxygens (including phenoxy) is 2. The van der Waals surface area contributed by atoms with E-state index in [2.05, 4.69) is 26.0 Å². The Morgan fingerprint density at radius 2 is 0.927 bits per heavy atom. The van der Waals surface area contributed by atoms with Crippen LogP contribution < -0.4 is 0 Å². The average molecular weight is 805 g/mol. The first kappa shape index (κ1) is 54.2. The highest BCUT2D eigenvalue weighted by Gasteiger charge is 2.26. The fraction of sp³-hybridized carbons (Fsp3) is 0.933. The van der Waals surface area contributed by atoms with Crippen LogP contribution in [0.5, 0.6) is 0 Å². The standard InChI is InChI=1S/C45H89O9P/c1-3-5-7-9-11-13-15-17-19-21-23-25-27-29-31-33-35-37-45(48)54-44(42-53-55(49,50)52-40-43(47)39-46)41-51-38-36-34-32-30-28-26-24-22-20-18-16-14-12-10-8-6-4-2/h20,22,43-44,46-47H,3-19,21,23-42H2,1-2H3,(H,49,50)/b22-20-. The molecule has 3 unspecified atom stereocenters. The summed E-state index contributed by atoms with van der Waals surface area (Å²) >= 11 is 0. The molecule has 0 aliphatic carbocycles. The van der Waals surface area contributed by atoms with E-state index in [0.29, 0.717) is 6.61 Å². The van der Waals surface area contributed by atoms with Gasteiger partial charge in [0.2, 0.25) is 0 Å². The smallest absolute Gasteiger partial charge is 0.457 e. The van der Waals surface area contributed by atoms with E-state index in [1.54, 1.807) is 0 Å². The van der Waals surface area contributed by atoms with Gasteiger partial charge in [-0.25, -0.2) is 4.57 Å². The predicted molar refractivity (Wildman–Crippen MR) is 228 cm³/mol. The molecule has 0 fully saturated rings. The summed E-state index contributed by atoms with van der Waals surface area (Å²) in [6.45, 7) is 3.55. The molecule has 0 bridgehead atoms. The minimum absolute atomic E-state index is 0.0508. The topological polar surface area (TPSA) is 132 Å². The molecule has 0 aromatic heterocycles. The zero-order valence-electron chi connectivity index (χ0n) is 35.9. The minimum Gasteiger partial charge on any atom is -0.457 e.